The van der Waals surface area contributed by atoms with Gasteiger partial charge in [0.15, 0.2) is 0 Å². The highest BCUT2D eigenvalue weighted by atomic mass is 32.2. The van der Waals surface area contributed by atoms with E-state index in [9.17, 15) is 13.2 Å². The molecule has 0 aromatic heterocycles. The Hall–Kier alpha value is -0.860. The van der Waals surface area contributed by atoms with Crippen LogP contribution in [-0.4, -0.2) is 76.2 Å². The second kappa shape index (κ2) is 9.32. The van der Waals surface area contributed by atoms with Crippen LogP contribution in [0.5, 0.6) is 0 Å². The second-order valence-electron chi connectivity index (χ2n) is 6.20. The maximum atomic E-state index is 11.8. The molecule has 2 N–H and O–H groups in total. The van der Waals surface area contributed by atoms with Gasteiger partial charge < -0.3 is 15.5 Å². The van der Waals surface area contributed by atoms with E-state index >= 15 is 0 Å². The molecule has 1 aliphatic rings. The first-order valence-electron chi connectivity index (χ1n) is 7.93. The Morgan fingerprint density at radius 1 is 1.09 bits per heavy atom. The van der Waals surface area contributed by atoms with Gasteiger partial charge in [0, 0.05) is 32.2 Å². The van der Waals surface area contributed by atoms with Crippen molar-refractivity contribution in [1.29, 1.82) is 0 Å². The normalized spacial score (nSPS) is 17.0. The fourth-order valence-corrected chi connectivity index (χ4v) is 3.37. The Bertz CT molecular complexity index is 433. The van der Waals surface area contributed by atoms with Gasteiger partial charge in [0.1, 0.15) is 0 Å². The molecular weight excluding hydrogens is 304 g/mol. The molecule has 0 heterocycles. The van der Waals surface area contributed by atoms with Crippen LogP contribution >= 0.6 is 0 Å². The molecule has 0 aromatic rings. The molecular formula is C14H30N4O3S. The van der Waals surface area contributed by atoms with Gasteiger partial charge in [-0.05, 0) is 26.9 Å². The number of nitrogens with one attached hydrogen (secondary N) is 2. The van der Waals surface area contributed by atoms with E-state index in [2.05, 4.69) is 10.6 Å². The summed E-state index contributed by atoms with van der Waals surface area (Å²) in [7, 11) is 0.548. The van der Waals surface area contributed by atoms with Gasteiger partial charge in [-0.15, -0.1) is 0 Å². The Labute approximate surface area is 134 Å². The van der Waals surface area contributed by atoms with E-state index in [0.29, 0.717) is 26.2 Å². The highest BCUT2D eigenvalue weighted by Gasteiger charge is 2.18. The summed E-state index contributed by atoms with van der Waals surface area (Å²) >= 11 is 0. The lowest BCUT2D eigenvalue weighted by Crippen LogP contribution is -2.46. The summed E-state index contributed by atoms with van der Waals surface area (Å²) < 4.78 is 24.8. The molecule has 0 atom stereocenters. The van der Waals surface area contributed by atoms with Crippen LogP contribution in [0.15, 0.2) is 0 Å². The third kappa shape index (κ3) is 7.95. The van der Waals surface area contributed by atoms with Crippen molar-refractivity contribution in [1.82, 2.24) is 19.8 Å². The minimum atomic E-state index is -3.25. The zero-order valence-corrected chi connectivity index (χ0v) is 14.8. The van der Waals surface area contributed by atoms with Crippen molar-refractivity contribution in [2.75, 3.05) is 46.5 Å². The fraction of sp³-hybridized carbons (Fsp3) is 0.929. The second-order valence-corrected chi connectivity index (χ2v) is 8.18. The first kappa shape index (κ1) is 19.2. The minimum absolute atomic E-state index is 0.201. The monoisotopic (exact) mass is 334 g/mol. The van der Waals surface area contributed by atoms with Gasteiger partial charge in [0.25, 0.3) is 0 Å². The van der Waals surface area contributed by atoms with Gasteiger partial charge in [0.2, 0.25) is 10.0 Å². The molecule has 2 amide bonds. The van der Waals surface area contributed by atoms with Gasteiger partial charge in [-0.3, -0.25) is 0 Å². The zero-order chi connectivity index (χ0) is 16.6. The molecule has 0 spiro atoms. The summed E-state index contributed by atoms with van der Waals surface area (Å²) in [6.07, 6.45) is 6.84. The molecule has 0 bridgehead atoms. The molecule has 1 saturated carbocycles. The summed E-state index contributed by atoms with van der Waals surface area (Å²) in [6, 6.07) is 0.0569. The van der Waals surface area contributed by atoms with Crippen LogP contribution < -0.4 is 10.6 Å². The van der Waals surface area contributed by atoms with E-state index in [0.717, 1.165) is 25.7 Å². The van der Waals surface area contributed by atoms with Crippen molar-refractivity contribution in [3.8, 4) is 0 Å². The Morgan fingerprint density at radius 2 is 1.73 bits per heavy atom. The average molecular weight is 334 g/mol. The lowest BCUT2D eigenvalue weighted by atomic mass is 9.96. The van der Waals surface area contributed by atoms with Gasteiger partial charge in [-0.25, -0.2) is 13.2 Å². The van der Waals surface area contributed by atoms with Gasteiger partial charge in [-0.2, -0.15) is 4.31 Å². The first-order chi connectivity index (χ1) is 10.3. The lowest BCUT2D eigenvalue weighted by molar-refractivity contribution is 0.231. The number of amides is 2. The van der Waals surface area contributed by atoms with Crippen LogP contribution in [0.3, 0.4) is 0 Å². The standard InChI is InChI=1S/C14H30N4O3S/c1-17(2)11-12-18(22(3,20)21)10-9-15-14(19)16-13-7-5-4-6-8-13/h13H,4-12H2,1-3H3,(H2,15,16,19). The molecule has 0 radical (unpaired) electrons. The molecule has 130 valence electrons. The number of likely N-dealkylation sites (N-methyl/N-ethyl adjacent to an activating group) is 1. The van der Waals surface area contributed by atoms with Crippen molar-refractivity contribution in [3.63, 3.8) is 0 Å². The summed E-state index contributed by atoms with van der Waals surface area (Å²) in [4.78, 5) is 13.7. The van der Waals surface area contributed by atoms with Crippen molar-refractivity contribution < 1.29 is 13.2 Å². The number of rotatable bonds is 8. The Morgan fingerprint density at radius 3 is 2.27 bits per heavy atom. The summed E-state index contributed by atoms with van der Waals surface area (Å²) in [5, 5.41) is 5.71. The van der Waals surface area contributed by atoms with Crippen molar-refractivity contribution in [3.05, 3.63) is 0 Å². The summed E-state index contributed by atoms with van der Waals surface area (Å²) in [5.74, 6) is 0. The van der Waals surface area contributed by atoms with Crippen LogP contribution in [0.4, 0.5) is 4.79 Å². The van der Waals surface area contributed by atoms with E-state index in [1.807, 2.05) is 19.0 Å². The molecule has 22 heavy (non-hydrogen) atoms. The average Bonchev–Trinajstić information content (AvgIpc) is 2.42. The zero-order valence-electron chi connectivity index (χ0n) is 14.0. The number of sulfonamides is 1. The van der Waals surface area contributed by atoms with Crippen molar-refractivity contribution in [2.45, 2.75) is 38.1 Å². The molecule has 0 unspecified atom stereocenters. The predicted molar refractivity (Wildman–Crippen MR) is 88.4 cm³/mol. The van der Waals surface area contributed by atoms with Crippen LogP contribution in [-0.2, 0) is 10.0 Å². The van der Waals surface area contributed by atoms with E-state index in [4.69, 9.17) is 0 Å². The third-order valence-corrected chi connectivity index (χ3v) is 5.16. The third-order valence-electron chi connectivity index (χ3n) is 3.85. The number of hydrogen-bond acceptors (Lipinski definition) is 4. The van der Waals surface area contributed by atoms with E-state index in [1.54, 1.807) is 0 Å². The van der Waals surface area contributed by atoms with E-state index in [-0.39, 0.29) is 12.1 Å². The van der Waals surface area contributed by atoms with Crippen molar-refractivity contribution >= 4 is 16.1 Å². The number of urea groups is 1. The maximum absolute atomic E-state index is 11.8. The number of carbonyl (C=O) groups excluding carboxylic acids is 1. The Kier molecular flexibility index (Phi) is 8.13. The fourth-order valence-electron chi connectivity index (χ4n) is 2.53. The molecule has 1 fully saturated rings. The lowest BCUT2D eigenvalue weighted by Gasteiger charge is -2.24. The van der Waals surface area contributed by atoms with Crippen LogP contribution in [0.2, 0.25) is 0 Å². The van der Waals surface area contributed by atoms with Crippen LogP contribution in [0.1, 0.15) is 32.1 Å². The van der Waals surface area contributed by atoms with Crippen LogP contribution in [0.25, 0.3) is 0 Å². The molecule has 7 nitrogen and oxygen atoms in total. The quantitative estimate of drug-likeness (QED) is 0.675. The number of carbonyl (C=O) groups is 1. The molecule has 1 rings (SSSR count). The summed E-state index contributed by atoms with van der Waals surface area (Å²) in [5.41, 5.74) is 0. The largest absolute Gasteiger partial charge is 0.337 e. The van der Waals surface area contributed by atoms with E-state index < -0.39 is 10.0 Å². The number of hydrogen-bond donors (Lipinski definition) is 2. The van der Waals surface area contributed by atoms with Gasteiger partial charge in [-0.1, -0.05) is 19.3 Å². The van der Waals surface area contributed by atoms with Crippen molar-refractivity contribution in [2.24, 2.45) is 0 Å². The Balaban J connectivity index is 2.30. The first-order valence-corrected chi connectivity index (χ1v) is 9.78. The van der Waals surface area contributed by atoms with Gasteiger partial charge >= 0.3 is 6.03 Å². The molecule has 8 heteroatoms. The minimum Gasteiger partial charge on any atom is -0.337 e. The topological polar surface area (TPSA) is 81.8 Å². The molecule has 0 aliphatic heterocycles. The number of nitrogens with zero attached hydrogens (tertiary/aromatic N) is 2. The smallest absolute Gasteiger partial charge is 0.315 e. The maximum Gasteiger partial charge on any atom is 0.315 e. The van der Waals surface area contributed by atoms with E-state index in [1.165, 1.54) is 17.0 Å². The summed E-state index contributed by atoms with van der Waals surface area (Å²) in [6.45, 7) is 1.70. The predicted octanol–water partition coefficient (Wildman–Crippen LogP) is 0.442. The molecule has 0 saturated heterocycles. The van der Waals surface area contributed by atoms with Crippen LogP contribution in [0, 0.1) is 0 Å². The molecule has 0 aromatic carbocycles. The highest BCUT2D eigenvalue weighted by molar-refractivity contribution is 7.88. The molecule has 1 aliphatic carbocycles. The highest BCUT2D eigenvalue weighted by Crippen LogP contribution is 2.17. The SMILES string of the molecule is CN(C)CCN(CCNC(=O)NC1CCCCC1)S(C)(=O)=O. The van der Waals surface area contributed by atoms with Gasteiger partial charge in [0.05, 0.1) is 6.26 Å².